The monoisotopic (exact) mass is 253 g/mol. The molecule has 0 radical (unpaired) electrons. The van der Waals surface area contributed by atoms with Gasteiger partial charge in [0.2, 0.25) is 11.7 Å². The Hall–Kier alpha value is -2.05. The van der Waals surface area contributed by atoms with Gasteiger partial charge in [-0.25, -0.2) is 9.97 Å². The number of carbonyl (C=O) groups is 1. The van der Waals surface area contributed by atoms with E-state index >= 15 is 0 Å². The van der Waals surface area contributed by atoms with Gasteiger partial charge in [-0.05, 0) is 13.8 Å². The number of nitrogen functional groups attached to an aromatic ring is 1. The first-order valence-corrected chi connectivity index (χ1v) is 5.60. The van der Waals surface area contributed by atoms with Crippen LogP contribution in [0.25, 0.3) is 0 Å². The molecule has 1 amide bonds. The molecule has 0 spiro atoms. The highest BCUT2D eigenvalue weighted by molar-refractivity contribution is 5.82. The summed E-state index contributed by atoms with van der Waals surface area (Å²) in [4.78, 5) is 21.2. The zero-order valence-corrected chi connectivity index (χ0v) is 11.1. The Morgan fingerprint density at radius 2 is 2.22 bits per heavy atom. The summed E-state index contributed by atoms with van der Waals surface area (Å²) in [5, 5.41) is 2.80. The SMILES string of the molecule is COc1c(N)ncnc1N(C)CC(=O)NC(C)C. The molecular formula is C11H19N5O2. The van der Waals surface area contributed by atoms with E-state index in [1.165, 1.54) is 13.4 Å². The predicted octanol–water partition coefficient (Wildman–Crippen LogP) is 0.0282. The van der Waals surface area contributed by atoms with Crippen LogP contribution in [0.15, 0.2) is 6.33 Å². The van der Waals surface area contributed by atoms with Crippen LogP contribution in [0.4, 0.5) is 11.6 Å². The molecule has 0 saturated heterocycles. The smallest absolute Gasteiger partial charge is 0.239 e. The third-order valence-corrected chi connectivity index (χ3v) is 2.21. The highest BCUT2D eigenvalue weighted by atomic mass is 16.5. The minimum atomic E-state index is -0.0910. The number of nitrogens with one attached hydrogen (secondary N) is 1. The largest absolute Gasteiger partial charge is 0.490 e. The maximum atomic E-state index is 11.7. The van der Waals surface area contributed by atoms with Crippen molar-refractivity contribution >= 4 is 17.5 Å². The van der Waals surface area contributed by atoms with Gasteiger partial charge in [-0.3, -0.25) is 4.79 Å². The highest BCUT2D eigenvalue weighted by Gasteiger charge is 2.16. The number of ether oxygens (including phenoxy) is 1. The lowest BCUT2D eigenvalue weighted by Crippen LogP contribution is -2.39. The van der Waals surface area contributed by atoms with Crippen LogP contribution in [0.3, 0.4) is 0 Å². The number of likely N-dealkylation sites (N-methyl/N-ethyl adjacent to an activating group) is 1. The fraction of sp³-hybridized carbons (Fsp3) is 0.545. The van der Waals surface area contributed by atoms with E-state index in [0.29, 0.717) is 11.6 Å². The van der Waals surface area contributed by atoms with Crippen molar-refractivity contribution in [2.24, 2.45) is 0 Å². The molecule has 0 unspecified atom stereocenters. The maximum Gasteiger partial charge on any atom is 0.239 e. The van der Waals surface area contributed by atoms with Crippen LogP contribution in [-0.2, 0) is 4.79 Å². The molecule has 0 aliphatic heterocycles. The predicted molar refractivity (Wildman–Crippen MR) is 69.5 cm³/mol. The molecule has 0 aromatic carbocycles. The Balaban J connectivity index is 2.81. The fourth-order valence-corrected chi connectivity index (χ4v) is 1.50. The van der Waals surface area contributed by atoms with Gasteiger partial charge < -0.3 is 20.7 Å². The molecule has 1 aromatic heterocycles. The molecule has 0 fully saturated rings. The van der Waals surface area contributed by atoms with Gasteiger partial charge in [-0.2, -0.15) is 0 Å². The third-order valence-electron chi connectivity index (χ3n) is 2.21. The van der Waals surface area contributed by atoms with E-state index < -0.39 is 0 Å². The Labute approximate surface area is 106 Å². The van der Waals surface area contributed by atoms with Gasteiger partial charge in [0, 0.05) is 13.1 Å². The first kappa shape index (κ1) is 14.0. The standard InChI is InChI=1S/C11H19N5O2/c1-7(2)15-8(17)5-16(3)11-9(18-4)10(12)13-6-14-11/h6-7H,5H2,1-4H3,(H,15,17)(H2,12,13,14). The summed E-state index contributed by atoms with van der Waals surface area (Å²) in [6, 6.07) is 0.100. The molecule has 7 nitrogen and oxygen atoms in total. The topological polar surface area (TPSA) is 93.4 Å². The van der Waals surface area contributed by atoms with Crippen LogP contribution in [0.1, 0.15) is 13.8 Å². The average molecular weight is 253 g/mol. The van der Waals surface area contributed by atoms with Crippen molar-refractivity contribution in [2.45, 2.75) is 19.9 Å². The Bertz CT molecular complexity index is 422. The number of nitrogens with zero attached hydrogens (tertiary/aromatic N) is 3. The van der Waals surface area contributed by atoms with Crippen molar-refractivity contribution in [3.8, 4) is 5.75 Å². The van der Waals surface area contributed by atoms with Gasteiger partial charge in [0.05, 0.1) is 13.7 Å². The first-order chi connectivity index (χ1) is 8.45. The van der Waals surface area contributed by atoms with Crippen LogP contribution < -0.4 is 20.7 Å². The van der Waals surface area contributed by atoms with E-state index in [0.717, 1.165) is 0 Å². The highest BCUT2D eigenvalue weighted by Crippen LogP contribution is 2.28. The van der Waals surface area contributed by atoms with E-state index in [9.17, 15) is 4.79 Å². The second-order valence-corrected chi connectivity index (χ2v) is 4.19. The van der Waals surface area contributed by atoms with E-state index in [4.69, 9.17) is 10.5 Å². The van der Waals surface area contributed by atoms with Crippen LogP contribution in [0, 0.1) is 0 Å². The van der Waals surface area contributed by atoms with Crippen molar-refractivity contribution in [2.75, 3.05) is 31.3 Å². The fourth-order valence-electron chi connectivity index (χ4n) is 1.50. The molecule has 0 atom stereocenters. The van der Waals surface area contributed by atoms with Crippen molar-refractivity contribution in [3.63, 3.8) is 0 Å². The van der Waals surface area contributed by atoms with Crippen LogP contribution in [-0.4, -0.2) is 42.6 Å². The minimum Gasteiger partial charge on any atom is -0.490 e. The number of nitrogens with two attached hydrogens (primary N) is 1. The molecule has 7 heteroatoms. The van der Waals surface area contributed by atoms with E-state index in [2.05, 4.69) is 15.3 Å². The molecule has 18 heavy (non-hydrogen) atoms. The lowest BCUT2D eigenvalue weighted by molar-refractivity contribution is -0.120. The van der Waals surface area contributed by atoms with E-state index in [1.807, 2.05) is 13.8 Å². The average Bonchev–Trinajstić information content (AvgIpc) is 2.27. The molecule has 100 valence electrons. The van der Waals surface area contributed by atoms with E-state index in [-0.39, 0.29) is 24.3 Å². The summed E-state index contributed by atoms with van der Waals surface area (Å²) in [7, 11) is 3.23. The van der Waals surface area contributed by atoms with Crippen LogP contribution in [0.5, 0.6) is 5.75 Å². The number of carbonyl (C=O) groups excluding carboxylic acids is 1. The second kappa shape index (κ2) is 6.04. The molecule has 1 aromatic rings. The molecule has 0 bridgehead atoms. The number of rotatable bonds is 5. The number of anilines is 2. The lowest BCUT2D eigenvalue weighted by atomic mass is 10.3. The first-order valence-electron chi connectivity index (χ1n) is 5.60. The van der Waals surface area contributed by atoms with Crippen molar-refractivity contribution in [1.29, 1.82) is 0 Å². The van der Waals surface area contributed by atoms with Crippen molar-refractivity contribution in [3.05, 3.63) is 6.33 Å². The van der Waals surface area contributed by atoms with Gasteiger partial charge in [0.25, 0.3) is 0 Å². The van der Waals surface area contributed by atoms with Gasteiger partial charge in [0.15, 0.2) is 11.6 Å². The molecule has 1 rings (SSSR count). The minimum absolute atomic E-state index is 0.0910. The number of hydrogen-bond donors (Lipinski definition) is 2. The molecule has 0 aliphatic carbocycles. The number of aromatic nitrogens is 2. The van der Waals surface area contributed by atoms with Crippen molar-refractivity contribution < 1.29 is 9.53 Å². The molecule has 0 aliphatic rings. The second-order valence-electron chi connectivity index (χ2n) is 4.19. The Morgan fingerprint density at radius 3 is 2.78 bits per heavy atom. The normalized spacial score (nSPS) is 10.3. The lowest BCUT2D eigenvalue weighted by Gasteiger charge is -2.20. The van der Waals surface area contributed by atoms with Crippen LogP contribution in [0.2, 0.25) is 0 Å². The summed E-state index contributed by atoms with van der Waals surface area (Å²) in [5.41, 5.74) is 5.68. The van der Waals surface area contributed by atoms with Gasteiger partial charge in [-0.1, -0.05) is 0 Å². The van der Waals surface area contributed by atoms with Crippen molar-refractivity contribution in [1.82, 2.24) is 15.3 Å². The Kier molecular flexibility index (Phi) is 4.70. The van der Waals surface area contributed by atoms with Crippen LogP contribution >= 0.6 is 0 Å². The number of hydrogen-bond acceptors (Lipinski definition) is 6. The quantitative estimate of drug-likeness (QED) is 0.769. The van der Waals surface area contributed by atoms with Gasteiger partial charge >= 0.3 is 0 Å². The third kappa shape index (κ3) is 3.47. The summed E-state index contributed by atoms with van der Waals surface area (Å²) < 4.78 is 5.14. The van der Waals surface area contributed by atoms with Gasteiger partial charge in [0.1, 0.15) is 6.33 Å². The summed E-state index contributed by atoms with van der Waals surface area (Å²) in [6.45, 7) is 3.98. The summed E-state index contributed by atoms with van der Waals surface area (Å²) >= 11 is 0. The van der Waals surface area contributed by atoms with Gasteiger partial charge in [-0.15, -0.1) is 0 Å². The molecular weight excluding hydrogens is 234 g/mol. The number of methoxy groups -OCH3 is 1. The Morgan fingerprint density at radius 1 is 1.56 bits per heavy atom. The summed E-state index contributed by atoms with van der Waals surface area (Å²) in [5.74, 6) is 1.02. The summed E-state index contributed by atoms with van der Waals surface area (Å²) in [6.07, 6.45) is 1.34. The maximum absolute atomic E-state index is 11.7. The molecule has 3 N–H and O–H groups in total. The van der Waals surface area contributed by atoms with E-state index in [1.54, 1.807) is 11.9 Å². The zero-order chi connectivity index (χ0) is 13.7. The molecule has 1 heterocycles. The number of amides is 1. The zero-order valence-electron chi connectivity index (χ0n) is 11.1. The molecule has 0 saturated carbocycles.